The fraction of sp³-hybridized carbons (Fsp3) is 0.571. The molecule has 116 valence electrons. The first-order valence-electron chi connectivity index (χ1n) is 6.96. The summed E-state index contributed by atoms with van der Waals surface area (Å²) in [5, 5.41) is 12.6. The Kier molecular flexibility index (Phi) is 4.46. The van der Waals surface area contributed by atoms with Gasteiger partial charge in [0.15, 0.2) is 0 Å². The number of aryl methyl sites for hydroxylation is 1. The van der Waals surface area contributed by atoms with Gasteiger partial charge in [-0.2, -0.15) is 0 Å². The number of H-pyrrole nitrogens is 1. The predicted octanol–water partition coefficient (Wildman–Crippen LogP) is 2.48. The summed E-state index contributed by atoms with van der Waals surface area (Å²) in [6.07, 6.45) is -0.303. The molecule has 1 aromatic heterocycles. The van der Waals surface area contributed by atoms with E-state index in [1.54, 1.807) is 13.0 Å². The van der Waals surface area contributed by atoms with Crippen LogP contribution in [0.4, 0.5) is 4.79 Å². The molecule has 0 bridgehead atoms. The molecule has 2 heterocycles. The number of hydrogen-bond acceptors (Lipinski definition) is 2. The molecule has 2 rings (SSSR count). The minimum absolute atomic E-state index is 0.0466. The van der Waals surface area contributed by atoms with Crippen molar-refractivity contribution >= 4 is 23.6 Å². The van der Waals surface area contributed by atoms with Gasteiger partial charge in [0.25, 0.3) is 5.91 Å². The fourth-order valence-electron chi connectivity index (χ4n) is 2.74. The number of likely N-dealkylation sites (tertiary alicyclic amines) is 1. The van der Waals surface area contributed by atoms with Gasteiger partial charge < -0.3 is 20.3 Å². The topological polar surface area (TPSA) is 85.4 Å². The molecule has 0 spiro atoms. The van der Waals surface area contributed by atoms with Crippen LogP contribution in [0.3, 0.4) is 0 Å². The van der Waals surface area contributed by atoms with Crippen LogP contribution in [0.1, 0.15) is 36.5 Å². The molecule has 1 saturated heterocycles. The van der Waals surface area contributed by atoms with E-state index in [0.717, 1.165) is 5.69 Å². The van der Waals surface area contributed by atoms with Crippen LogP contribution < -0.4 is 5.32 Å². The average Bonchev–Trinajstić information content (AvgIpc) is 2.75. The number of aromatic nitrogens is 1. The van der Waals surface area contributed by atoms with Crippen LogP contribution in [0, 0.1) is 12.8 Å². The zero-order valence-corrected chi connectivity index (χ0v) is 13.1. The molecule has 1 aromatic rings. The maximum atomic E-state index is 12.2. The van der Waals surface area contributed by atoms with Crippen LogP contribution in [0.2, 0.25) is 5.02 Å². The zero-order chi connectivity index (χ0) is 15.7. The third kappa shape index (κ3) is 3.15. The van der Waals surface area contributed by atoms with Gasteiger partial charge in [0.1, 0.15) is 5.69 Å². The lowest BCUT2D eigenvalue weighted by Crippen LogP contribution is -2.55. The third-order valence-corrected chi connectivity index (χ3v) is 4.72. The van der Waals surface area contributed by atoms with Crippen molar-refractivity contribution in [3.8, 4) is 0 Å². The third-order valence-electron chi connectivity index (χ3n) is 4.33. The van der Waals surface area contributed by atoms with E-state index in [0.29, 0.717) is 23.7 Å². The number of rotatable bonds is 2. The molecular formula is C14H20ClN3O3. The molecule has 2 amide bonds. The van der Waals surface area contributed by atoms with Gasteiger partial charge in [-0.25, -0.2) is 4.79 Å². The Balaban J connectivity index is 2.03. The lowest BCUT2D eigenvalue weighted by molar-refractivity contribution is 0.0673. The molecular weight excluding hydrogens is 294 g/mol. The number of hydrogen-bond donors (Lipinski definition) is 3. The van der Waals surface area contributed by atoms with Crippen molar-refractivity contribution in [2.24, 2.45) is 5.92 Å². The van der Waals surface area contributed by atoms with Gasteiger partial charge in [0.05, 0.1) is 5.02 Å². The first kappa shape index (κ1) is 15.7. The summed E-state index contributed by atoms with van der Waals surface area (Å²) < 4.78 is 0. The van der Waals surface area contributed by atoms with Gasteiger partial charge in [0.2, 0.25) is 0 Å². The monoisotopic (exact) mass is 313 g/mol. The van der Waals surface area contributed by atoms with Crippen LogP contribution in [-0.2, 0) is 0 Å². The van der Waals surface area contributed by atoms with E-state index in [4.69, 9.17) is 16.7 Å². The maximum absolute atomic E-state index is 12.2. The van der Waals surface area contributed by atoms with E-state index >= 15 is 0 Å². The molecule has 0 radical (unpaired) electrons. The maximum Gasteiger partial charge on any atom is 0.407 e. The molecule has 1 unspecified atom stereocenters. The summed E-state index contributed by atoms with van der Waals surface area (Å²) in [7, 11) is 0. The van der Waals surface area contributed by atoms with Gasteiger partial charge in [0, 0.05) is 24.3 Å². The van der Waals surface area contributed by atoms with E-state index in [-0.39, 0.29) is 23.9 Å². The van der Waals surface area contributed by atoms with Crippen LogP contribution in [0.25, 0.3) is 0 Å². The quantitative estimate of drug-likeness (QED) is 0.784. The Hall–Kier alpha value is -1.69. The van der Waals surface area contributed by atoms with Gasteiger partial charge in [-0.05, 0) is 32.3 Å². The largest absolute Gasteiger partial charge is 0.465 e. The van der Waals surface area contributed by atoms with Crippen LogP contribution in [0.5, 0.6) is 0 Å². The second-order valence-corrected chi connectivity index (χ2v) is 6.01. The number of nitrogens with one attached hydrogen (secondary N) is 2. The second kappa shape index (κ2) is 5.97. The Bertz CT molecular complexity index is 538. The highest BCUT2D eigenvalue weighted by atomic mass is 35.5. The molecule has 3 N–H and O–H groups in total. The van der Waals surface area contributed by atoms with Gasteiger partial charge in [-0.3, -0.25) is 4.79 Å². The minimum Gasteiger partial charge on any atom is -0.465 e. The SMILES string of the molecule is Cc1[nH]c(C(=O)N[C@@H]2CCN(C(=O)O)C(C)[C@H]2C)cc1Cl. The van der Waals surface area contributed by atoms with Gasteiger partial charge >= 0.3 is 6.09 Å². The number of amides is 2. The second-order valence-electron chi connectivity index (χ2n) is 5.60. The number of carbonyl (C=O) groups excluding carboxylic acids is 1. The summed E-state index contributed by atoms with van der Waals surface area (Å²) in [6.45, 7) is 6.05. The van der Waals surface area contributed by atoms with Crippen molar-refractivity contribution in [3.05, 3.63) is 22.5 Å². The lowest BCUT2D eigenvalue weighted by atomic mass is 9.87. The van der Waals surface area contributed by atoms with Crippen molar-refractivity contribution in [3.63, 3.8) is 0 Å². The average molecular weight is 314 g/mol. The molecule has 0 saturated carbocycles. The summed E-state index contributed by atoms with van der Waals surface area (Å²) in [5.74, 6) is -0.164. The standard InChI is InChI=1S/C14H20ClN3O3/c1-7-9(3)18(14(20)21)5-4-11(7)17-13(19)12-6-10(15)8(2)16-12/h6-7,9,11,16H,4-5H2,1-3H3,(H,17,19)(H,20,21)/t7-,9?,11-/m1/s1. The molecule has 1 fully saturated rings. The highest BCUT2D eigenvalue weighted by Crippen LogP contribution is 2.24. The number of aromatic amines is 1. The number of piperidine rings is 1. The van der Waals surface area contributed by atoms with E-state index < -0.39 is 6.09 Å². The first-order valence-corrected chi connectivity index (χ1v) is 7.34. The van der Waals surface area contributed by atoms with Gasteiger partial charge in [-0.1, -0.05) is 18.5 Å². The highest BCUT2D eigenvalue weighted by Gasteiger charge is 2.35. The molecule has 1 aliphatic rings. The van der Waals surface area contributed by atoms with Crippen molar-refractivity contribution in [2.45, 2.75) is 39.3 Å². The van der Waals surface area contributed by atoms with E-state index in [1.807, 2.05) is 13.8 Å². The molecule has 7 heteroatoms. The molecule has 6 nitrogen and oxygen atoms in total. The molecule has 21 heavy (non-hydrogen) atoms. The number of carbonyl (C=O) groups is 2. The summed E-state index contributed by atoms with van der Waals surface area (Å²) in [5.41, 5.74) is 1.18. The molecule has 1 aliphatic heterocycles. The van der Waals surface area contributed by atoms with E-state index in [1.165, 1.54) is 4.90 Å². The predicted molar refractivity (Wildman–Crippen MR) is 79.8 cm³/mol. The highest BCUT2D eigenvalue weighted by molar-refractivity contribution is 6.31. The normalized spacial score (nSPS) is 25.7. The van der Waals surface area contributed by atoms with Crippen molar-refractivity contribution in [1.29, 1.82) is 0 Å². The summed E-state index contributed by atoms with van der Waals surface area (Å²) in [4.78, 5) is 27.7. The van der Waals surface area contributed by atoms with Crippen LogP contribution in [0.15, 0.2) is 6.07 Å². The van der Waals surface area contributed by atoms with Crippen LogP contribution in [-0.4, -0.2) is 45.6 Å². The number of halogens is 1. The lowest BCUT2D eigenvalue weighted by Gasteiger charge is -2.41. The Morgan fingerprint density at radius 2 is 2.14 bits per heavy atom. The first-order chi connectivity index (χ1) is 9.81. The van der Waals surface area contributed by atoms with E-state index in [9.17, 15) is 9.59 Å². The van der Waals surface area contributed by atoms with Crippen LogP contribution >= 0.6 is 11.6 Å². The van der Waals surface area contributed by atoms with E-state index in [2.05, 4.69) is 10.3 Å². The Labute approximate surface area is 128 Å². The van der Waals surface area contributed by atoms with Crippen molar-refractivity contribution < 1.29 is 14.7 Å². The molecule has 3 atom stereocenters. The Morgan fingerprint density at radius 3 is 2.67 bits per heavy atom. The summed E-state index contributed by atoms with van der Waals surface area (Å²) in [6, 6.07) is 1.42. The molecule has 0 aromatic carbocycles. The fourth-order valence-corrected chi connectivity index (χ4v) is 2.90. The zero-order valence-electron chi connectivity index (χ0n) is 12.3. The Morgan fingerprint density at radius 1 is 1.48 bits per heavy atom. The number of carboxylic acid groups (broad SMARTS) is 1. The van der Waals surface area contributed by atoms with Crippen molar-refractivity contribution in [2.75, 3.05) is 6.54 Å². The van der Waals surface area contributed by atoms with Gasteiger partial charge in [-0.15, -0.1) is 0 Å². The molecule has 0 aliphatic carbocycles. The number of nitrogens with zero attached hydrogens (tertiary/aromatic N) is 1. The summed E-state index contributed by atoms with van der Waals surface area (Å²) >= 11 is 5.94. The minimum atomic E-state index is -0.911. The van der Waals surface area contributed by atoms with Crippen molar-refractivity contribution in [1.82, 2.24) is 15.2 Å². The smallest absolute Gasteiger partial charge is 0.407 e.